The zero-order chi connectivity index (χ0) is 18.6. The van der Waals surface area contributed by atoms with Gasteiger partial charge >= 0.3 is 0 Å². The summed E-state index contributed by atoms with van der Waals surface area (Å²) in [6.07, 6.45) is 0. The molecule has 0 saturated carbocycles. The van der Waals surface area contributed by atoms with Crippen LogP contribution >= 0.6 is 31.9 Å². The van der Waals surface area contributed by atoms with E-state index in [-0.39, 0.29) is 0 Å². The van der Waals surface area contributed by atoms with Gasteiger partial charge in [0.05, 0.1) is 5.69 Å². The number of anilines is 2. The van der Waals surface area contributed by atoms with E-state index in [0.29, 0.717) is 11.6 Å². The number of rotatable bonds is 4. The van der Waals surface area contributed by atoms with E-state index in [0.717, 1.165) is 31.5 Å². The third-order valence-electron chi connectivity index (χ3n) is 3.95. The summed E-state index contributed by atoms with van der Waals surface area (Å²) in [5.41, 5.74) is 3.54. The lowest BCUT2D eigenvalue weighted by Crippen LogP contribution is -2.03. The number of nitrogens with zero attached hydrogens (tertiary/aromatic N) is 3. The molecule has 0 fully saturated rings. The van der Waals surface area contributed by atoms with Crippen LogP contribution < -0.4 is 5.32 Å². The van der Waals surface area contributed by atoms with Crippen LogP contribution in [-0.4, -0.2) is 15.2 Å². The lowest BCUT2D eigenvalue weighted by Gasteiger charge is -2.12. The molecule has 4 aromatic rings. The van der Waals surface area contributed by atoms with Crippen molar-refractivity contribution in [1.82, 2.24) is 15.2 Å². The maximum atomic E-state index is 4.80. The molecule has 3 aromatic carbocycles. The van der Waals surface area contributed by atoms with Crippen LogP contribution in [-0.2, 0) is 0 Å². The molecule has 4 nitrogen and oxygen atoms in total. The number of aromatic nitrogens is 3. The standard InChI is InChI=1S/C21H14Br2N4/c22-16-11-12-18(17(23)13-16)24-21-19(14-7-3-1-4-8-14)25-20(26-27-21)15-9-5-2-6-10-15/h1-13H,(H,24,27). The summed E-state index contributed by atoms with van der Waals surface area (Å²) in [5.74, 6) is 1.19. The minimum atomic E-state index is 0.592. The number of hydrogen-bond acceptors (Lipinski definition) is 4. The van der Waals surface area contributed by atoms with Gasteiger partial charge in [-0.3, -0.25) is 0 Å². The van der Waals surface area contributed by atoms with Gasteiger partial charge in [0.25, 0.3) is 0 Å². The predicted octanol–water partition coefficient (Wildman–Crippen LogP) is 6.47. The zero-order valence-corrected chi connectivity index (χ0v) is 17.3. The highest BCUT2D eigenvalue weighted by Gasteiger charge is 2.14. The monoisotopic (exact) mass is 480 g/mol. The maximum absolute atomic E-state index is 4.80. The Morgan fingerprint density at radius 3 is 2.04 bits per heavy atom. The zero-order valence-electron chi connectivity index (χ0n) is 14.1. The average molecular weight is 482 g/mol. The van der Waals surface area contributed by atoms with Gasteiger partial charge in [-0.05, 0) is 34.1 Å². The van der Waals surface area contributed by atoms with Gasteiger partial charge < -0.3 is 5.32 Å². The first-order valence-corrected chi connectivity index (χ1v) is 9.87. The third kappa shape index (κ3) is 4.07. The first-order chi connectivity index (χ1) is 13.2. The minimum absolute atomic E-state index is 0.592. The fourth-order valence-corrected chi connectivity index (χ4v) is 3.78. The fraction of sp³-hybridized carbons (Fsp3) is 0. The highest BCUT2D eigenvalue weighted by molar-refractivity contribution is 9.11. The van der Waals surface area contributed by atoms with Gasteiger partial charge in [-0.2, -0.15) is 0 Å². The van der Waals surface area contributed by atoms with E-state index < -0.39 is 0 Å². The predicted molar refractivity (Wildman–Crippen MR) is 116 cm³/mol. The molecule has 0 aliphatic rings. The van der Waals surface area contributed by atoms with Crippen molar-refractivity contribution >= 4 is 43.4 Å². The molecule has 0 amide bonds. The van der Waals surface area contributed by atoms with Crippen molar-refractivity contribution in [3.8, 4) is 22.6 Å². The summed E-state index contributed by atoms with van der Waals surface area (Å²) >= 11 is 7.05. The summed E-state index contributed by atoms with van der Waals surface area (Å²) < 4.78 is 1.91. The summed E-state index contributed by atoms with van der Waals surface area (Å²) in [6.45, 7) is 0. The first-order valence-electron chi connectivity index (χ1n) is 8.28. The van der Waals surface area contributed by atoms with Gasteiger partial charge in [0.1, 0.15) is 5.69 Å². The first kappa shape index (κ1) is 17.8. The SMILES string of the molecule is Brc1ccc(Nc2nnc(-c3ccccc3)nc2-c2ccccc2)c(Br)c1. The lowest BCUT2D eigenvalue weighted by atomic mass is 10.1. The third-order valence-corrected chi connectivity index (χ3v) is 5.10. The van der Waals surface area contributed by atoms with Crippen molar-refractivity contribution in [2.24, 2.45) is 0 Å². The summed E-state index contributed by atoms with van der Waals surface area (Å²) in [4.78, 5) is 4.80. The molecule has 27 heavy (non-hydrogen) atoms. The molecule has 132 valence electrons. The fourth-order valence-electron chi connectivity index (χ4n) is 2.64. The number of hydrogen-bond donors (Lipinski definition) is 1. The van der Waals surface area contributed by atoms with Gasteiger partial charge in [-0.25, -0.2) is 4.98 Å². The van der Waals surface area contributed by atoms with Crippen molar-refractivity contribution in [2.75, 3.05) is 5.32 Å². The van der Waals surface area contributed by atoms with Crippen molar-refractivity contribution < 1.29 is 0 Å². The van der Waals surface area contributed by atoms with Crippen molar-refractivity contribution in [1.29, 1.82) is 0 Å². The van der Waals surface area contributed by atoms with Crippen LogP contribution in [0.5, 0.6) is 0 Å². The number of benzene rings is 3. The minimum Gasteiger partial charge on any atom is -0.336 e. The van der Waals surface area contributed by atoms with Crippen LogP contribution in [0.3, 0.4) is 0 Å². The van der Waals surface area contributed by atoms with Crippen LogP contribution in [0.4, 0.5) is 11.5 Å². The molecule has 0 saturated heterocycles. The van der Waals surface area contributed by atoms with E-state index in [9.17, 15) is 0 Å². The summed E-state index contributed by atoms with van der Waals surface area (Å²) in [7, 11) is 0. The summed E-state index contributed by atoms with van der Waals surface area (Å²) in [5, 5.41) is 12.1. The molecule has 1 N–H and O–H groups in total. The molecule has 0 atom stereocenters. The largest absolute Gasteiger partial charge is 0.336 e. The van der Waals surface area contributed by atoms with Gasteiger partial charge in [0.2, 0.25) is 0 Å². The topological polar surface area (TPSA) is 50.7 Å². The molecule has 0 bridgehead atoms. The Labute approximate surface area is 174 Å². The Hall–Kier alpha value is -2.57. The maximum Gasteiger partial charge on any atom is 0.182 e. The van der Waals surface area contributed by atoms with E-state index >= 15 is 0 Å². The Balaban J connectivity index is 1.81. The second-order valence-electron chi connectivity index (χ2n) is 5.81. The van der Waals surface area contributed by atoms with E-state index in [2.05, 4.69) is 47.4 Å². The van der Waals surface area contributed by atoms with Gasteiger partial charge in [0, 0.05) is 20.1 Å². The normalized spacial score (nSPS) is 10.6. The van der Waals surface area contributed by atoms with Crippen LogP contribution in [0.2, 0.25) is 0 Å². The van der Waals surface area contributed by atoms with E-state index in [1.807, 2.05) is 78.9 Å². The highest BCUT2D eigenvalue weighted by Crippen LogP contribution is 2.32. The quantitative estimate of drug-likeness (QED) is 0.362. The molecule has 1 aromatic heterocycles. The molecule has 0 aliphatic heterocycles. The molecule has 0 unspecified atom stereocenters. The van der Waals surface area contributed by atoms with E-state index in [1.165, 1.54) is 0 Å². The van der Waals surface area contributed by atoms with Gasteiger partial charge in [-0.1, -0.05) is 76.6 Å². The van der Waals surface area contributed by atoms with Crippen LogP contribution in [0, 0.1) is 0 Å². The Morgan fingerprint density at radius 2 is 1.37 bits per heavy atom. The van der Waals surface area contributed by atoms with E-state index in [4.69, 9.17) is 4.98 Å². The highest BCUT2D eigenvalue weighted by atomic mass is 79.9. The van der Waals surface area contributed by atoms with Crippen molar-refractivity contribution in [3.05, 3.63) is 87.8 Å². The average Bonchev–Trinajstić information content (AvgIpc) is 2.71. The molecular formula is C21H14Br2N4. The van der Waals surface area contributed by atoms with Crippen LogP contribution in [0.1, 0.15) is 0 Å². The van der Waals surface area contributed by atoms with Gasteiger partial charge in [-0.15, -0.1) is 10.2 Å². The smallest absolute Gasteiger partial charge is 0.182 e. The van der Waals surface area contributed by atoms with Crippen molar-refractivity contribution in [2.45, 2.75) is 0 Å². The number of nitrogens with one attached hydrogen (secondary N) is 1. The Kier molecular flexibility index (Phi) is 5.27. The molecule has 0 spiro atoms. The Bertz CT molecular complexity index is 1070. The molecule has 0 aliphatic carbocycles. The number of halogens is 2. The lowest BCUT2D eigenvalue weighted by molar-refractivity contribution is 0.990. The Morgan fingerprint density at radius 1 is 0.704 bits per heavy atom. The molecule has 1 heterocycles. The molecule has 4 rings (SSSR count). The molecular weight excluding hydrogens is 468 g/mol. The second kappa shape index (κ2) is 7.98. The molecule has 0 radical (unpaired) electrons. The van der Waals surface area contributed by atoms with Gasteiger partial charge in [0.15, 0.2) is 11.6 Å². The van der Waals surface area contributed by atoms with Crippen molar-refractivity contribution in [3.63, 3.8) is 0 Å². The van der Waals surface area contributed by atoms with E-state index in [1.54, 1.807) is 0 Å². The van der Waals surface area contributed by atoms with Crippen LogP contribution in [0.25, 0.3) is 22.6 Å². The second-order valence-corrected chi connectivity index (χ2v) is 7.58. The molecule has 6 heteroatoms. The summed E-state index contributed by atoms with van der Waals surface area (Å²) in [6, 6.07) is 25.7. The van der Waals surface area contributed by atoms with Crippen LogP contribution in [0.15, 0.2) is 87.8 Å².